The lowest BCUT2D eigenvalue weighted by Gasteiger charge is -2.32. The highest BCUT2D eigenvalue weighted by atomic mass is 32.1. The molecule has 0 aliphatic heterocycles. The molecule has 1 aliphatic rings. The molecule has 3 rings (SSSR count). The average Bonchev–Trinajstić information content (AvgIpc) is 3.44. The summed E-state index contributed by atoms with van der Waals surface area (Å²) in [6.07, 6.45) is 2.57. The van der Waals surface area contributed by atoms with Crippen molar-refractivity contribution in [3.63, 3.8) is 0 Å². The Bertz CT molecular complexity index is 668. The first-order valence-corrected chi connectivity index (χ1v) is 8.87. The SMILES string of the molecule is C[C@H](C1CC1)N(Cc1ccccc1)C(=S)NCc1ccc(F)cc1. The molecule has 126 valence electrons. The van der Waals surface area contributed by atoms with E-state index < -0.39 is 0 Å². The third kappa shape index (κ3) is 4.54. The van der Waals surface area contributed by atoms with Crippen LogP contribution in [0.5, 0.6) is 0 Å². The van der Waals surface area contributed by atoms with E-state index in [4.69, 9.17) is 12.2 Å². The minimum absolute atomic E-state index is 0.214. The molecule has 0 spiro atoms. The summed E-state index contributed by atoms with van der Waals surface area (Å²) in [7, 11) is 0. The van der Waals surface area contributed by atoms with Crippen LogP contribution in [-0.4, -0.2) is 16.1 Å². The van der Waals surface area contributed by atoms with Gasteiger partial charge in [-0.1, -0.05) is 42.5 Å². The van der Waals surface area contributed by atoms with Gasteiger partial charge in [0.15, 0.2) is 5.11 Å². The molecule has 1 atom stereocenters. The zero-order valence-corrected chi connectivity index (χ0v) is 14.7. The highest BCUT2D eigenvalue weighted by molar-refractivity contribution is 7.80. The van der Waals surface area contributed by atoms with Crippen molar-refractivity contribution in [1.29, 1.82) is 0 Å². The van der Waals surface area contributed by atoms with Crippen LogP contribution in [0.15, 0.2) is 54.6 Å². The predicted molar refractivity (Wildman–Crippen MR) is 100 cm³/mol. The first-order chi connectivity index (χ1) is 11.6. The topological polar surface area (TPSA) is 15.3 Å². The number of nitrogens with one attached hydrogen (secondary N) is 1. The molecule has 0 bridgehead atoms. The normalized spacial score (nSPS) is 14.9. The fourth-order valence-electron chi connectivity index (χ4n) is 2.90. The molecule has 0 heterocycles. The minimum Gasteiger partial charge on any atom is -0.358 e. The van der Waals surface area contributed by atoms with Gasteiger partial charge in [0.05, 0.1) is 0 Å². The molecule has 1 N–H and O–H groups in total. The van der Waals surface area contributed by atoms with Gasteiger partial charge in [-0.05, 0) is 61.2 Å². The molecule has 24 heavy (non-hydrogen) atoms. The van der Waals surface area contributed by atoms with Gasteiger partial charge in [0.1, 0.15) is 5.82 Å². The van der Waals surface area contributed by atoms with Crippen LogP contribution in [0.4, 0.5) is 4.39 Å². The van der Waals surface area contributed by atoms with Gasteiger partial charge in [-0.3, -0.25) is 0 Å². The number of benzene rings is 2. The average molecular weight is 342 g/mol. The van der Waals surface area contributed by atoms with Gasteiger partial charge in [0.25, 0.3) is 0 Å². The van der Waals surface area contributed by atoms with Crippen molar-refractivity contribution in [1.82, 2.24) is 10.2 Å². The summed E-state index contributed by atoms with van der Waals surface area (Å²) in [6, 6.07) is 17.4. The van der Waals surface area contributed by atoms with Gasteiger partial charge in [0.2, 0.25) is 0 Å². The van der Waals surface area contributed by atoms with Gasteiger partial charge >= 0.3 is 0 Å². The number of thiocarbonyl (C=S) groups is 1. The number of hydrogen-bond donors (Lipinski definition) is 1. The molecule has 2 nitrogen and oxygen atoms in total. The standard InChI is InChI=1S/C20H23FN2S/c1-15(18-9-10-18)23(14-17-5-3-2-4-6-17)20(24)22-13-16-7-11-19(21)12-8-16/h2-8,11-12,15,18H,9-10,13-14H2,1H3,(H,22,24)/t15-/m1/s1. The number of nitrogens with zero attached hydrogens (tertiary/aromatic N) is 1. The van der Waals surface area contributed by atoms with Crippen LogP contribution >= 0.6 is 12.2 Å². The van der Waals surface area contributed by atoms with Crippen LogP contribution in [0.25, 0.3) is 0 Å². The van der Waals surface area contributed by atoms with Crippen molar-refractivity contribution >= 4 is 17.3 Å². The monoisotopic (exact) mass is 342 g/mol. The van der Waals surface area contributed by atoms with Gasteiger partial charge in [-0.15, -0.1) is 0 Å². The summed E-state index contributed by atoms with van der Waals surface area (Å²) in [4.78, 5) is 2.28. The summed E-state index contributed by atoms with van der Waals surface area (Å²) in [5.74, 6) is 0.522. The van der Waals surface area contributed by atoms with E-state index in [1.54, 1.807) is 12.1 Å². The van der Waals surface area contributed by atoms with Crippen molar-refractivity contribution in [2.45, 2.75) is 38.9 Å². The van der Waals surface area contributed by atoms with E-state index >= 15 is 0 Å². The fraction of sp³-hybridized carbons (Fsp3) is 0.350. The van der Waals surface area contributed by atoms with Crippen LogP contribution in [-0.2, 0) is 13.1 Å². The molecule has 1 saturated carbocycles. The molecular formula is C20H23FN2S. The van der Waals surface area contributed by atoms with E-state index in [1.165, 1.54) is 30.5 Å². The lowest BCUT2D eigenvalue weighted by molar-refractivity contribution is 0.290. The predicted octanol–water partition coefficient (Wildman–Crippen LogP) is 4.50. The van der Waals surface area contributed by atoms with E-state index in [9.17, 15) is 4.39 Å². The minimum atomic E-state index is -0.214. The Morgan fingerprint density at radius 3 is 2.42 bits per heavy atom. The summed E-state index contributed by atoms with van der Waals surface area (Å²) in [5, 5.41) is 4.10. The van der Waals surface area contributed by atoms with Gasteiger partial charge < -0.3 is 10.2 Å². The molecule has 4 heteroatoms. The number of halogens is 1. The highest BCUT2D eigenvalue weighted by Gasteiger charge is 2.33. The largest absolute Gasteiger partial charge is 0.358 e. The second-order valence-electron chi connectivity index (χ2n) is 6.48. The Morgan fingerprint density at radius 1 is 1.12 bits per heavy atom. The second kappa shape index (κ2) is 7.75. The van der Waals surface area contributed by atoms with Crippen LogP contribution in [0.3, 0.4) is 0 Å². The molecule has 0 unspecified atom stereocenters. The molecule has 1 fully saturated rings. The summed E-state index contributed by atoms with van der Waals surface area (Å²) in [5.41, 5.74) is 2.29. The Morgan fingerprint density at radius 2 is 1.79 bits per heavy atom. The van der Waals surface area contributed by atoms with E-state index in [0.717, 1.165) is 23.1 Å². The van der Waals surface area contributed by atoms with Crippen molar-refractivity contribution in [2.75, 3.05) is 0 Å². The maximum absolute atomic E-state index is 13.0. The van der Waals surface area contributed by atoms with E-state index in [0.29, 0.717) is 12.6 Å². The van der Waals surface area contributed by atoms with Gasteiger partial charge in [-0.2, -0.15) is 0 Å². The summed E-state index contributed by atoms with van der Waals surface area (Å²) >= 11 is 5.66. The maximum atomic E-state index is 13.0. The quantitative estimate of drug-likeness (QED) is 0.778. The fourth-order valence-corrected chi connectivity index (χ4v) is 3.20. The molecular weight excluding hydrogens is 319 g/mol. The van der Waals surface area contributed by atoms with Crippen molar-refractivity contribution in [3.8, 4) is 0 Å². The highest BCUT2D eigenvalue weighted by Crippen LogP contribution is 2.35. The molecule has 0 amide bonds. The Balaban J connectivity index is 1.65. The molecule has 1 aliphatic carbocycles. The Kier molecular flexibility index (Phi) is 5.46. The zero-order chi connectivity index (χ0) is 16.9. The van der Waals surface area contributed by atoms with E-state index in [1.807, 2.05) is 6.07 Å². The third-order valence-electron chi connectivity index (χ3n) is 4.61. The van der Waals surface area contributed by atoms with E-state index in [-0.39, 0.29) is 5.82 Å². The van der Waals surface area contributed by atoms with Crippen molar-refractivity contribution < 1.29 is 4.39 Å². The molecule has 0 radical (unpaired) electrons. The van der Waals surface area contributed by atoms with Crippen LogP contribution < -0.4 is 5.32 Å². The molecule has 2 aromatic carbocycles. The van der Waals surface area contributed by atoms with Crippen LogP contribution in [0, 0.1) is 11.7 Å². The van der Waals surface area contributed by atoms with Gasteiger partial charge in [0, 0.05) is 19.1 Å². The maximum Gasteiger partial charge on any atom is 0.169 e. The number of hydrogen-bond acceptors (Lipinski definition) is 1. The van der Waals surface area contributed by atoms with Crippen LogP contribution in [0.2, 0.25) is 0 Å². The third-order valence-corrected chi connectivity index (χ3v) is 4.99. The molecule has 2 aromatic rings. The summed E-state index contributed by atoms with van der Waals surface area (Å²) in [6.45, 7) is 3.68. The molecule has 0 aromatic heterocycles. The first-order valence-electron chi connectivity index (χ1n) is 8.46. The smallest absolute Gasteiger partial charge is 0.169 e. The summed E-state index contributed by atoms with van der Waals surface area (Å²) < 4.78 is 13.0. The first kappa shape index (κ1) is 16.9. The zero-order valence-electron chi connectivity index (χ0n) is 13.9. The van der Waals surface area contributed by atoms with Crippen molar-refractivity contribution in [3.05, 3.63) is 71.5 Å². The Labute approximate surface area is 148 Å². The molecule has 0 saturated heterocycles. The lowest BCUT2D eigenvalue weighted by atomic mass is 10.1. The van der Waals surface area contributed by atoms with Crippen LogP contribution in [0.1, 0.15) is 30.9 Å². The van der Waals surface area contributed by atoms with Crippen molar-refractivity contribution in [2.24, 2.45) is 5.92 Å². The van der Waals surface area contributed by atoms with Gasteiger partial charge in [-0.25, -0.2) is 4.39 Å². The number of rotatable bonds is 6. The van der Waals surface area contributed by atoms with E-state index in [2.05, 4.69) is 41.4 Å². The lowest BCUT2D eigenvalue weighted by Crippen LogP contribution is -2.45. The second-order valence-corrected chi connectivity index (χ2v) is 6.86. The Hall–Kier alpha value is -1.94.